The summed E-state index contributed by atoms with van der Waals surface area (Å²) in [6, 6.07) is 8.27. The average Bonchev–Trinajstić information content (AvgIpc) is 2.90. The lowest BCUT2D eigenvalue weighted by atomic mass is 9.97. The summed E-state index contributed by atoms with van der Waals surface area (Å²) in [6.07, 6.45) is 4.45. The summed E-state index contributed by atoms with van der Waals surface area (Å²) in [6.45, 7) is 6.85. The second-order valence-corrected chi connectivity index (χ2v) is 8.60. The summed E-state index contributed by atoms with van der Waals surface area (Å²) in [7, 11) is 0. The number of hydrogen-bond donors (Lipinski definition) is 3. The zero-order valence-electron chi connectivity index (χ0n) is 15.4. The standard InChI is InChI=1S/C20H29N3O2/c1-20(2,3)12-21-18(24)13-4-6-14(7-5-13)19(25)23-17-10-15-8-9-16(11-17)22-15/h4-7,15-17,22H,8-12H2,1-3H3,(H,21,24)(H,23,25). The molecule has 0 aromatic heterocycles. The van der Waals surface area contributed by atoms with E-state index < -0.39 is 0 Å². The van der Waals surface area contributed by atoms with E-state index in [-0.39, 0.29) is 23.3 Å². The molecule has 5 nitrogen and oxygen atoms in total. The number of benzene rings is 1. The number of amides is 2. The highest BCUT2D eigenvalue weighted by atomic mass is 16.2. The van der Waals surface area contributed by atoms with Gasteiger partial charge in [0.05, 0.1) is 0 Å². The molecule has 0 radical (unpaired) electrons. The zero-order chi connectivity index (χ0) is 18.0. The fraction of sp³-hybridized carbons (Fsp3) is 0.600. The van der Waals surface area contributed by atoms with Crippen LogP contribution in [0.25, 0.3) is 0 Å². The number of fused-ring (bicyclic) bond motifs is 2. The van der Waals surface area contributed by atoms with Crippen molar-refractivity contribution in [3.63, 3.8) is 0 Å². The monoisotopic (exact) mass is 343 g/mol. The topological polar surface area (TPSA) is 70.2 Å². The Kier molecular flexibility index (Phi) is 5.13. The minimum atomic E-state index is -0.100. The number of carbonyl (C=O) groups is 2. The van der Waals surface area contributed by atoms with E-state index in [1.54, 1.807) is 24.3 Å². The molecule has 0 aliphatic carbocycles. The van der Waals surface area contributed by atoms with Crippen molar-refractivity contribution in [3.8, 4) is 0 Å². The molecule has 5 heteroatoms. The molecule has 2 aliphatic heterocycles. The number of carbonyl (C=O) groups excluding carboxylic acids is 2. The molecule has 0 spiro atoms. The number of nitrogens with one attached hydrogen (secondary N) is 3. The molecule has 2 unspecified atom stereocenters. The van der Waals surface area contributed by atoms with Gasteiger partial charge in [-0.15, -0.1) is 0 Å². The minimum absolute atomic E-state index is 0.0454. The van der Waals surface area contributed by atoms with E-state index in [1.807, 2.05) is 0 Å². The van der Waals surface area contributed by atoms with Crippen molar-refractivity contribution in [2.24, 2.45) is 5.41 Å². The second kappa shape index (κ2) is 7.16. The fourth-order valence-corrected chi connectivity index (χ4v) is 3.66. The number of hydrogen-bond acceptors (Lipinski definition) is 3. The van der Waals surface area contributed by atoms with E-state index >= 15 is 0 Å². The Morgan fingerprint density at radius 3 is 2.04 bits per heavy atom. The molecule has 136 valence electrons. The van der Waals surface area contributed by atoms with Gasteiger partial charge < -0.3 is 16.0 Å². The van der Waals surface area contributed by atoms with Crippen LogP contribution in [-0.4, -0.2) is 36.5 Å². The first kappa shape index (κ1) is 17.9. The average molecular weight is 343 g/mol. The van der Waals surface area contributed by atoms with Gasteiger partial charge in [-0.3, -0.25) is 9.59 Å². The maximum absolute atomic E-state index is 12.5. The van der Waals surface area contributed by atoms with E-state index in [0.717, 1.165) is 12.8 Å². The first-order valence-corrected chi connectivity index (χ1v) is 9.25. The highest BCUT2D eigenvalue weighted by molar-refractivity contribution is 5.97. The Balaban J connectivity index is 1.54. The lowest BCUT2D eigenvalue weighted by Gasteiger charge is -2.29. The molecule has 1 aromatic rings. The summed E-state index contributed by atoms with van der Waals surface area (Å²) < 4.78 is 0. The molecule has 2 fully saturated rings. The second-order valence-electron chi connectivity index (χ2n) is 8.60. The van der Waals surface area contributed by atoms with Crippen LogP contribution in [0, 0.1) is 5.41 Å². The third-order valence-electron chi connectivity index (χ3n) is 5.00. The Hall–Kier alpha value is -1.88. The van der Waals surface area contributed by atoms with Gasteiger partial charge in [0.25, 0.3) is 11.8 Å². The number of rotatable bonds is 4. The molecule has 25 heavy (non-hydrogen) atoms. The third-order valence-corrected chi connectivity index (χ3v) is 5.00. The maximum Gasteiger partial charge on any atom is 0.251 e. The van der Waals surface area contributed by atoms with Crippen LogP contribution in [0.15, 0.2) is 24.3 Å². The molecule has 2 atom stereocenters. The van der Waals surface area contributed by atoms with E-state index in [1.165, 1.54) is 12.8 Å². The normalized spacial score (nSPS) is 25.5. The molecule has 2 amide bonds. The van der Waals surface area contributed by atoms with Crippen molar-refractivity contribution >= 4 is 11.8 Å². The van der Waals surface area contributed by atoms with Gasteiger partial charge in [-0.25, -0.2) is 0 Å². The van der Waals surface area contributed by atoms with Gasteiger partial charge in [-0.1, -0.05) is 20.8 Å². The highest BCUT2D eigenvalue weighted by Crippen LogP contribution is 2.26. The molecule has 3 N–H and O–H groups in total. The summed E-state index contributed by atoms with van der Waals surface area (Å²) in [4.78, 5) is 24.6. The fourth-order valence-electron chi connectivity index (χ4n) is 3.66. The van der Waals surface area contributed by atoms with Crippen LogP contribution in [0.4, 0.5) is 0 Å². The largest absolute Gasteiger partial charge is 0.352 e. The van der Waals surface area contributed by atoms with Crippen molar-refractivity contribution in [3.05, 3.63) is 35.4 Å². The number of piperidine rings is 1. The highest BCUT2D eigenvalue weighted by Gasteiger charge is 2.34. The van der Waals surface area contributed by atoms with Crippen molar-refractivity contribution in [2.75, 3.05) is 6.54 Å². The van der Waals surface area contributed by atoms with Gasteiger partial charge in [0, 0.05) is 35.8 Å². The predicted molar refractivity (Wildman–Crippen MR) is 98.7 cm³/mol. The molecule has 2 bridgehead atoms. The summed E-state index contributed by atoms with van der Waals surface area (Å²) in [5.41, 5.74) is 1.24. The van der Waals surface area contributed by atoms with Gasteiger partial charge in [-0.2, -0.15) is 0 Å². The molecule has 2 heterocycles. The quantitative estimate of drug-likeness (QED) is 0.786. The molecular weight excluding hydrogens is 314 g/mol. The Labute approximate surface area is 150 Å². The predicted octanol–water partition coefficient (Wildman–Crippen LogP) is 2.48. The van der Waals surface area contributed by atoms with Crippen LogP contribution < -0.4 is 16.0 Å². The van der Waals surface area contributed by atoms with E-state index in [2.05, 4.69) is 36.7 Å². The van der Waals surface area contributed by atoms with Gasteiger partial charge in [0.2, 0.25) is 0 Å². The first-order chi connectivity index (χ1) is 11.8. The van der Waals surface area contributed by atoms with Crippen LogP contribution >= 0.6 is 0 Å². The van der Waals surface area contributed by atoms with E-state index in [0.29, 0.717) is 29.8 Å². The third kappa shape index (κ3) is 4.82. The molecule has 2 aliphatic rings. The van der Waals surface area contributed by atoms with Crippen LogP contribution in [0.1, 0.15) is 67.2 Å². The molecule has 2 saturated heterocycles. The van der Waals surface area contributed by atoms with Gasteiger partial charge in [0.15, 0.2) is 0 Å². The summed E-state index contributed by atoms with van der Waals surface area (Å²) in [5, 5.41) is 9.65. The Morgan fingerprint density at radius 1 is 1.00 bits per heavy atom. The van der Waals surface area contributed by atoms with Crippen LogP contribution in [0.5, 0.6) is 0 Å². The van der Waals surface area contributed by atoms with Crippen LogP contribution in [0.2, 0.25) is 0 Å². The van der Waals surface area contributed by atoms with E-state index in [9.17, 15) is 9.59 Å². The van der Waals surface area contributed by atoms with Crippen molar-refractivity contribution in [1.29, 1.82) is 0 Å². The van der Waals surface area contributed by atoms with Gasteiger partial charge in [-0.05, 0) is 55.4 Å². The molecule has 1 aromatic carbocycles. The zero-order valence-corrected chi connectivity index (χ0v) is 15.4. The van der Waals surface area contributed by atoms with Crippen LogP contribution in [0.3, 0.4) is 0 Å². The SMILES string of the molecule is CC(C)(C)CNC(=O)c1ccc(C(=O)NC2CC3CCC(C2)N3)cc1. The van der Waals surface area contributed by atoms with E-state index in [4.69, 9.17) is 0 Å². The summed E-state index contributed by atoms with van der Waals surface area (Å²) in [5.74, 6) is -0.148. The Morgan fingerprint density at radius 2 is 1.52 bits per heavy atom. The Bertz CT molecular complexity index is 621. The maximum atomic E-state index is 12.5. The first-order valence-electron chi connectivity index (χ1n) is 9.25. The molecule has 3 rings (SSSR count). The van der Waals surface area contributed by atoms with Crippen molar-refractivity contribution in [1.82, 2.24) is 16.0 Å². The van der Waals surface area contributed by atoms with Gasteiger partial charge in [0.1, 0.15) is 0 Å². The minimum Gasteiger partial charge on any atom is -0.352 e. The van der Waals surface area contributed by atoms with Crippen LogP contribution in [-0.2, 0) is 0 Å². The lowest BCUT2D eigenvalue weighted by Crippen LogP contribution is -2.48. The lowest BCUT2D eigenvalue weighted by molar-refractivity contribution is 0.0917. The smallest absolute Gasteiger partial charge is 0.251 e. The van der Waals surface area contributed by atoms with Crippen molar-refractivity contribution < 1.29 is 9.59 Å². The summed E-state index contributed by atoms with van der Waals surface area (Å²) >= 11 is 0. The van der Waals surface area contributed by atoms with Crippen molar-refractivity contribution in [2.45, 2.75) is 64.6 Å². The molecule has 0 saturated carbocycles. The molecular formula is C20H29N3O2. The van der Waals surface area contributed by atoms with Gasteiger partial charge >= 0.3 is 0 Å².